The topological polar surface area (TPSA) is 42.7 Å². The van der Waals surface area contributed by atoms with Gasteiger partial charge in [-0.15, -0.1) is 0 Å². The molecule has 0 aromatic carbocycles. The lowest BCUT2D eigenvalue weighted by Crippen LogP contribution is -2.46. The maximum atomic E-state index is 13.8. The molecule has 0 bridgehead atoms. The van der Waals surface area contributed by atoms with E-state index in [0.717, 1.165) is 0 Å². The molecule has 1 fully saturated rings. The monoisotopic (exact) mass is 298 g/mol. The number of alkyl halides is 3. The van der Waals surface area contributed by atoms with Crippen molar-refractivity contribution in [2.75, 3.05) is 13.1 Å². The average molecular weight is 298 g/mol. The zero-order chi connectivity index (χ0) is 15.3. The maximum absolute atomic E-state index is 13.8. The second-order valence-corrected chi connectivity index (χ2v) is 5.77. The highest BCUT2D eigenvalue weighted by molar-refractivity contribution is 5.75. The van der Waals surface area contributed by atoms with E-state index in [1.807, 2.05) is 13.8 Å². The molecule has 1 unspecified atom stereocenters. The Bertz CT molecular complexity index is 654. The first kappa shape index (κ1) is 14.3. The molecule has 1 atom stereocenters. The van der Waals surface area contributed by atoms with Gasteiger partial charge < -0.3 is 9.88 Å². The standard InChI is InChI=1S/C14H17F3N4/c1-9(2)21-11-3-5-18-7-10(11)20-12(21)13(14(15,16)17)4-6-19-8-13/h3,5,7,9,19H,4,6,8H2,1-2H3. The lowest BCUT2D eigenvalue weighted by molar-refractivity contribution is -0.187. The molecule has 1 N–H and O–H groups in total. The van der Waals surface area contributed by atoms with Crippen LogP contribution in [-0.4, -0.2) is 33.8 Å². The van der Waals surface area contributed by atoms with Gasteiger partial charge in [0.25, 0.3) is 0 Å². The van der Waals surface area contributed by atoms with E-state index < -0.39 is 11.6 Å². The Morgan fingerprint density at radius 3 is 2.71 bits per heavy atom. The molecule has 21 heavy (non-hydrogen) atoms. The van der Waals surface area contributed by atoms with Crippen LogP contribution in [0.25, 0.3) is 11.0 Å². The fourth-order valence-corrected chi connectivity index (χ4v) is 3.06. The number of pyridine rings is 1. The molecule has 0 spiro atoms. The van der Waals surface area contributed by atoms with E-state index in [2.05, 4.69) is 15.3 Å². The van der Waals surface area contributed by atoms with Crippen LogP contribution in [0, 0.1) is 0 Å². The number of nitrogens with zero attached hydrogens (tertiary/aromatic N) is 3. The van der Waals surface area contributed by atoms with Crippen molar-refractivity contribution in [3.05, 3.63) is 24.3 Å². The Morgan fingerprint density at radius 1 is 1.38 bits per heavy atom. The van der Waals surface area contributed by atoms with E-state index in [4.69, 9.17) is 0 Å². The summed E-state index contributed by atoms with van der Waals surface area (Å²) in [4.78, 5) is 8.26. The van der Waals surface area contributed by atoms with Gasteiger partial charge in [0.1, 0.15) is 16.8 Å². The normalized spacial score (nSPS) is 23.3. The minimum Gasteiger partial charge on any atom is -0.325 e. The number of hydrogen-bond acceptors (Lipinski definition) is 3. The molecule has 0 aliphatic carbocycles. The molecule has 114 valence electrons. The van der Waals surface area contributed by atoms with Crippen LogP contribution < -0.4 is 5.32 Å². The quantitative estimate of drug-likeness (QED) is 0.927. The number of rotatable bonds is 2. The zero-order valence-corrected chi connectivity index (χ0v) is 11.9. The second kappa shape index (κ2) is 4.69. The summed E-state index contributed by atoms with van der Waals surface area (Å²) in [6.07, 6.45) is -1.22. The summed E-state index contributed by atoms with van der Waals surface area (Å²) in [5, 5.41) is 2.84. The first-order valence-corrected chi connectivity index (χ1v) is 6.97. The number of aromatic nitrogens is 3. The largest absolute Gasteiger partial charge is 0.402 e. The predicted octanol–water partition coefficient (Wildman–Crippen LogP) is 2.81. The number of fused-ring (bicyclic) bond motifs is 1. The molecular weight excluding hydrogens is 281 g/mol. The third-order valence-corrected chi connectivity index (χ3v) is 4.13. The third-order valence-electron chi connectivity index (χ3n) is 4.13. The summed E-state index contributed by atoms with van der Waals surface area (Å²) in [6.45, 7) is 3.97. The van der Waals surface area contributed by atoms with Gasteiger partial charge in [0.2, 0.25) is 0 Å². The van der Waals surface area contributed by atoms with Gasteiger partial charge >= 0.3 is 6.18 Å². The molecule has 0 saturated carbocycles. The number of halogens is 3. The first-order chi connectivity index (χ1) is 9.87. The highest BCUT2D eigenvalue weighted by Gasteiger charge is 2.60. The fourth-order valence-electron chi connectivity index (χ4n) is 3.06. The van der Waals surface area contributed by atoms with Crippen molar-refractivity contribution in [3.63, 3.8) is 0 Å². The SMILES string of the molecule is CC(C)n1c(C2(C(F)(F)F)CCNC2)nc2cnccc21. The van der Waals surface area contributed by atoms with E-state index in [9.17, 15) is 13.2 Å². The molecule has 3 rings (SSSR count). The van der Waals surface area contributed by atoms with Crippen LogP contribution >= 0.6 is 0 Å². The van der Waals surface area contributed by atoms with Crippen molar-refractivity contribution in [1.82, 2.24) is 19.9 Å². The summed E-state index contributed by atoms with van der Waals surface area (Å²) in [7, 11) is 0. The molecule has 2 aromatic heterocycles. The van der Waals surface area contributed by atoms with E-state index >= 15 is 0 Å². The van der Waals surface area contributed by atoms with Gasteiger partial charge in [-0.3, -0.25) is 4.98 Å². The van der Waals surface area contributed by atoms with Crippen molar-refractivity contribution in [1.29, 1.82) is 0 Å². The minimum absolute atomic E-state index is 0.0139. The Morgan fingerprint density at radius 2 is 2.14 bits per heavy atom. The van der Waals surface area contributed by atoms with Crippen molar-refractivity contribution >= 4 is 11.0 Å². The van der Waals surface area contributed by atoms with Gasteiger partial charge in [-0.1, -0.05) is 0 Å². The number of imidazole rings is 1. The molecule has 3 heterocycles. The molecule has 1 aliphatic rings. The molecule has 1 saturated heterocycles. The first-order valence-electron chi connectivity index (χ1n) is 6.97. The van der Waals surface area contributed by atoms with Crippen molar-refractivity contribution in [3.8, 4) is 0 Å². The smallest absolute Gasteiger partial charge is 0.325 e. The summed E-state index contributed by atoms with van der Waals surface area (Å²) < 4.78 is 43.0. The van der Waals surface area contributed by atoms with Crippen molar-refractivity contribution in [2.45, 2.75) is 37.9 Å². The van der Waals surface area contributed by atoms with Crippen LogP contribution in [0.3, 0.4) is 0 Å². The van der Waals surface area contributed by atoms with Gasteiger partial charge in [0.05, 0.1) is 11.7 Å². The van der Waals surface area contributed by atoms with Gasteiger partial charge in [0, 0.05) is 18.8 Å². The lowest BCUT2D eigenvalue weighted by Gasteiger charge is -2.31. The summed E-state index contributed by atoms with van der Waals surface area (Å²) >= 11 is 0. The van der Waals surface area contributed by atoms with Crippen LogP contribution in [-0.2, 0) is 5.41 Å². The van der Waals surface area contributed by atoms with Crippen LogP contribution in [0.2, 0.25) is 0 Å². The maximum Gasteiger partial charge on any atom is 0.402 e. The predicted molar refractivity (Wildman–Crippen MR) is 73.1 cm³/mol. The van der Waals surface area contributed by atoms with Crippen molar-refractivity contribution in [2.24, 2.45) is 0 Å². The number of nitrogens with one attached hydrogen (secondary N) is 1. The van der Waals surface area contributed by atoms with E-state index in [1.54, 1.807) is 16.8 Å². The van der Waals surface area contributed by atoms with Crippen LogP contribution in [0.15, 0.2) is 18.5 Å². The van der Waals surface area contributed by atoms with Gasteiger partial charge in [-0.2, -0.15) is 13.2 Å². The Hall–Kier alpha value is -1.63. The summed E-state index contributed by atoms with van der Waals surface area (Å²) in [5.74, 6) is 0.0954. The highest BCUT2D eigenvalue weighted by Crippen LogP contribution is 2.46. The number of hydrogen-bond donors (Lipinski definition) is 1. The fraction of sp³-hybridized carbons (Fsp3) is 0.571. The van der Waals surface area contributed by atoms with Gasteiger partial charge in [-0.25, -0.2) is 4.98 Å². The van der Waals surface area contributed by atoms with E-state index in [1.165, 1.54) is 6.20 Å². The minimum atomic E-state index is -4.34. The van der Waals surface area contributed by atoms with E-state index in [0.29, 0.717) is 17.6 Å². The second-order valence-electron chi connectivity index (χ2n) is 5.77. The zero-order valence-electron chi connectivity index (χ0n) is 11.9. The van der Waals surface area contributed by atoms with E-state index in [-0.39, 0.29) is 24.8 Å². The van der Waals surface area contributed by atoms with Crippen LogP contribution in [0.4, 0.5) is 13.2 Å². The molecule has 7 heteroatoms. The molecule has 0 radical (unpaired) electrons. The highest BCUT2D eigenvalue weighted by atomic mass is 19.4. The molecule has 4 nitrogen and oxygen atoms in total. The Labute approximate surface area is 120 Å². The molecule has 1 aliphatic heterocycles. The van der Waals surface area contributed by atoms with Crippen LogP contribution in [0.5, 0.6) is 0 Å². The van der Waals surface area contributed by atoms with Crippen LogP contribution in [0.1, 0.15) is 32.1 Å². The molecule has 2 aromatic rings. The summed E-state index contributed by atoms with van der Waals surface area (Å²) in [5.41, 5.74) is -0.710. The Balaban J connectivity index is 2.30. The van der Waals surface area contributed by atoms with Gasteiger partial charge in [0.15, 0.2) is 0 Å². The summed E-state index contributed by atoms with van der Waals surface area (Å²) in [6, 6.07) is 1.62. The van der Waals surface area contributed by atoms with Crippen molar-refractivity contribution < 1.29 is 13.2 Å². The average Bonchev–Trinajstić information content (AvgIpc) is 3.03. The molecule has 0 amide bonds. The Kier molecular flexibility index (Phi) is 3.20. The third kappa shape index (κ3) is 2.02. The van der Waals surface area contributed by atoms with Gasteiger partial charge in [-0.05, 0) is 32.9 Å². The molecular formula is C14H17F3N4. The lowest BCUT2D eigenvalue weighted by atomic mass is 9.85.